The highest BCUT2D eigenvalue weighted by Gasteiger charge is 2.28. The van der Waals surface area contributed by atoms with Gasteiger partial charge in [-0.25, -0.2) is 4.79 Å². The van der Waals surface area contributed by atoms with Gasteiger partial charge < -0.3 is 9.47 Å². The summed E-state index contributed by atoms with van der Waals surface area (Å²) in [6, 6.07) is 0. The topological polar surface area (TPSA) is 52.6 Å². The van der Waals surface area contributed by atoms with Crippen molar-refractivity contribution in [2.24, 2.45) is 11.3 Å². The van der Waals surface area contributed by atoms with Crippen LogP contribution in [-0.2, 0) is 14.3 Å². The molecule has 1 fully saturated rings. The first kappa shape index (κ1) is 11.0. The zero-order chi connectivity index (χ0) is 10.8. The number of hydrogen-bond donors (Lipinski definition) is 0. The van der Waals surface area contributed by atoms with Gasteiger partial charge in [0.15, 0.2) is 0 Å². The van der Waals surface area contributed by atoms with Gasteiger partial charge in [-0.3, -0.25) is 4.79 Å². The quantitative estimate of drug-likeness (QED) is 0.637. The molecule has 0 bridgehead atoms. The molecule has 1 saturated heterocycles. The molecular weight excluding hydrogens is 184 g/mol. The Kier molecular flexibility index (Phi) is 3.13. The minimum absolute atomic E-state index is 0.0134. The fraction of sp³-hybridized carbons (Fsp3) is 0.800. The molecule has 0 unspecified atom stereocenters. The first-order valence-electron chi connectivity index (χ1n) is 4.72. The molecule has 1 aliphatic heterocycles. The zero-order valence-corrected chi connectivity index (χ0v) is 8.83. The summed E-state index contributed by atoms with van der Waals surface area (Å²) in [5.41, 5.74) is -0.332. The maximum absolute atomic E-state index is 11.6. The Balaban J connectivity index is 2.38. The molecule has 0 aromatic heterocycles. The number of carbonyl (C=O) groups excluding carboxylic acids is 2. The van der Waals surface area contributed by atoms with Crippen molar-refractivity contribution >= 4 is 11.9 Å². The lowest BCUT2D eigenvalue weighted by molar-refractivity contribution is -0.129. The largest absolute Gasteiger partial charge is 0.508 e. The van der Waals surface area contributed by atoms with Crippen molar-refractivity contribution in [2.45, 2.75) is 27.2 Å². The van der Waals surface area contributed by atoms with Gasteiger partial charge in [0.1, 0.15) is 19.0 Å². The second-order valence-electron chi connectivity index (χ2n) is 4.62. The van der Waals surface area contributed by atoms with Gasteiger partial charge in [-0.1, -0.05) is 20.8 Å². The van der Waals surface area contributed by atoms with Gasteiger partial charge in [-0.05, 0) is 0 Å². The van der Waals surface area contributed by atoms with Crippen molar-refractivity contribution in [3.05, 3.63) is 0 Å². The highest BCUT2D eigenvalue weighted by molar-refractivity contribution is 5.83. The van der Waals surface area contributed by atoms with Crippen LogP contribution in [0.1, 0.15) is 27.2 Å². The SMILES string of the molecule is CC(C)(C)C(=O)CC1COC(=O)OC1. The molecule has 0 N–H and O–H groups in total. The summed E-state index contributed by atoms with van der Waals surface area (Å²) >= 11 is 0. The molecule has 80 valence electrons. The van der Waals surface area contributed by atoms with Crippen LogP contribution < -0.4 is 0 Å². The summed E-state index contributed by atoms with van der Waals surface area (Å²) < 4.78 is 9.38. The second-order valence-corrected chi connectivity index (χ2v) is 4.62. The van der Waals surface area contributed by atoms with Crippen LogP contribution in [0.4, 0.5) is 4.79 Å². The van der Waals surface area contributed by atoms with Gasteiger partial charge >= 0.3 is 6.16 Å². The van der Waals surface area contributed by atoms with E-state index in [2.05, 4.69) is 0 Å². The van der Waals surface area contributed by atoms with Crippen LogP contribution in [0, 0.1) is 11.3 Å². The van der Waals surface area contributed by atoms with Crippen LogP contribution in [0.25, 0.3) is 0 Å². The summed E-state index contributed by atoms with van der Waals surface area (Å²) in [6.07, 6.45) is -0.221. The van der Waals surface area contributed by atoms with Crippen LogP contribution in [0.5, 0.6) is 0 Å². The van der Waals surface area contributed by atoms with E-state index in [1.807, 2.05) is 20.8 Å². The first-order chi connectivity index (χ1) is 6.39. The van der Waals surface area contributed by atoms with E-state index in [1.165, 1.54) is 0 Å². The Labute approximate surface area is 83.6 Å². The molecule has 0 saturated carbocycles. The third-order valence-corrected chi connectivity index (χ3v) is 2.18. The summed E-state index contributed by atoms with van der Waals surface area (Å²) in [5, 5.41) is 0. The molecule has 1 rings (SSSR count). The fourth-order valence-electron chi connectivity index (χ4n) is 1.15. The molecule has 1 aliphatic rings. The number of Topliss-reactive ketones (excluding diaryl/α,β-unsaturated/α-hetero) is 1. The van der Waals surface area contributed by atoms with Gasteiger partial charge in [0.05, 0.1) is 0 Å². The Morgan fingerprint density at radius 3 is 2.29 bits per heavy atom. The van der Waals surface area contributed by atoms with Gasteiger partial charge in [-0.2, -0.15) is 0 Å². The minimum Gasteiger partial charge on any atom is -0.434 e. The first-order valence-corrected chi connectivity index (χ1v) is 4.72. The predicted octanol–water partition coefficient (Wildman–Crippen LogP) is 1.77. The molecule has 4 heteroatoms. The van der Waals surface area contributed by atoms with Gasteiger partial charge in [0, 0.05) is 17.8 Å². The normalized spacial score (nSPS) is 18.6. The van der Waals surface area contributed by atoms with Crippen molar-refractivity contribution in [1.82, 2.24) is 0 Å². The lowest BCUT2D eigenvalue weighted by atomic mass is 9.85. The highest BCUT2D eigenvalue weighted by atomic mass is 16.7. The Bertz CT molecular complexity index is 229. The van der Waals surface area contributed by atoms with E-state index in [0.29, 0.717) is 19.6 Å². The average Bonchev–Trinajstić information content (AvgIpc) is 2.07. The van der Waals surface area contributed by atoms with E-state index in [-0.39, 0.29) is 17.1 Å². The van der Waals surface area contributed by atoms with Gasteiger partial charge in [0.2, 0.25) is 0 Å². The Morgan fingerprint density at radius 1 is 1.36 bits per heavy atom. The summed E-state index contributed by atoms with van der Waals surface area (Å²) in [7, 11) is 0. The van der Waals surface area contributed by atoms with E-state index in [4.69, 9.17) is 9.47 Å². The van der Waals surface area contributed by atoms with E-state index in [9.17, 15) is 9.59 Å². The summed E-state index contributed by atoms with van der Waals surface area (Å²) in [5.74, 6) is 0.184. The highest BCUT2D eigenvalue weighted by Crippen LogP contribution is 2.21. The van der Waals surface area contributed by atoms with Crippen molar-refractivity contribution < 1.29 is 19.1 Å². The van der Waals surface area contributed by atoms with E-state index in [1.54, 1.807) is 0 Å². The van der Waals surface area contributed by atoms with Crippen molar-refractivity contribution in [3.8, 4) is 0 Å². The molecule has 0 radical (unpaired) electrons. The molecule has 4 nitrogen and oxygen atoms in total. The monoisotopic (exact) mass is 200 g/mol. The average molecular weight is 200 g/mol. The van der Waals surface area contributed by atoms with Crippen LogP contribution in [0.2, 0.25) is 0 Å². The molecule has 0 aliphatic carbocycles. The third-order valence-electron chi connectivity index (χ3n) is 2.18. The molecular formula is C10H16O4. The second kappa shape index (κ2) is 3.98. The Hall–Kier alpha value is -1.06. The smallest absolute Gasteiger partial charge is 0.434 e. The van der Waals surface area contributed by atoms with Gasteiger partial charge in [-0.15, -0.1) is 0 Å². The molecule has 0 amide bonds. The fourth-order valence-corrected chi connectivity index (χ4v) is 1.15. The Morgan fingerprint density at radius 2 is 1.86 bits per heavy atom. The van der Waals surface area contributed by atoms with Gasteiger partial charge in [0.25, 0.3) is 0 Å². The summed E-state index contributed by atoms with van der Waals surface area (Å²) in [4.78, 5) is 22.2. The van der Waals surface area contributed by atoms with Crippen LogP contribution in [0.3, 0.4) is 0 Å². The van der Waals surface area contributed by atoms with Crippen molar-refractivity contribution in [2.75, 3.05) is 13.2 Å². The third kappa shape index (κ3) is 3.01. The van der Waals surface area contributed by atoms with E-state index in [0.717, 1.165) is 0 Å². The minimum atomic E-state index is -0.635. The molecule has 1 heterocycles. The molecule has 0 aromatic carbocycles. The van der Waals surface area contributed by atoms with E-state index >= 15 is 0 Å². The number of carbonyl (C=O) groups is 2. The summed E-state index contributed by atoms with van der Waals surface area (Å²) in [6.45, 7) is 6.22. The maximum atomic E-state index is 11.6. The zero-order valence-electron chi connectivity index (χ0n) is 8.83. The number of hydrogen-bond acceptors (Lipinski definition) is 4. The standard InChI is InChI=1S/C10H16O4/c1-10(2,3)8(11)4-7-5-13-9(12)14-6-7/h7H,4-6H2,1-3H3. The number of rotatable bonds is 2. The van der Waals surface area contributed by atoms with E-state index < -0.39 is 6.16 Å². The van der Waals surface area contributed by atoms with Crippen molar-refractivity contribution in [3.63, 3.8) is 0 Å². The number of ether oxygens (including phenoxy) is 2. The predicted molar refractivity (Wildman–Crippen MR) is 49.9 cm³/mol. The molecule has 0 atom stereocenters. The lowest BCUT2D eigenvalue weighted by Crippen LogP contribution is -2.32. The number of cyclic esters (lactones) is 2. The maximum Gasteiger partial charge on any atom is 0.508 e. The molecule has 0 aromatic rings. The molecule has 14 heavy (non-hydrogen) atoms. The number of ketones is 1. The van der Waals surface area contributed by atoms with Crippen LogP contribution in [-0.4, -0.2) is 25.2 Å². The lowest BCUT2D eigenvalue weighted by Gasteiger charge is -2.24. The van der Waals surface area contributed by atoms with Crippen molar-refractivity contribution in [1.29, 1.82) is 0 Å². The van der Waals surface area contributed by atoms with Crippen LogP contribution >= 0.6 is 0 Å². The van der Waals surface area contributed by atoms with Crippen LogP contribution in [0.15, 0.2) is 0 Å². The molecule has 0 spiro atoms.